The van der Waals surface area contributed by atoms with Crippen molar-refractivity contribution in [1.29, 1.82) is 0 Å². The molecule has 1 N–H and O–H groups in total. The molecule has 2 unspecified atom stereocenters. The number of hydrogen-bond acceptors (Lipinski definition) is 3. The zero-order chi connectivity index (χ0) is 14.7. The molecule has 2 atom stereocenters. The van der Waals surface area contributed by atoms with Crippen LogP contribution >= 0.6 is 0 Å². The molecule has 0 aromatic carbocycles. The van der Waals surface area contributed by atoms with Gasteiger partial charge >= 0.3 is 0 Å². The maximum Gasteiger partial charge on any atom is 0.211 e. The molecule has 114 valence electrons. The molecule has 1 fully saturated rings. The summed E-state index contributed by atoms with van der Waals surface area (Å²) in [6.07, 6.45) is 5.65. The first kappa shape index (κ1) is 16.9. The summed E-state index contributed by atoms with van der Waals surface area (Å²) in [4.78, 5) is 0. The number of piperidine rings is 1. The summed E-state index contributed by atoms with van der Waals surface area (Å²) in [5, 5.41) is 3.39. The van der Waals surface area contributed by atoms with Gasteiger partial charge in [-0.1, -0.05) is 20.8 Å². The molecule has 19 heavy (non-hydrogen) atoms. The highest BCUT2D eigenvalue weighted by molar-refractivity contribution is 7.88. The van der Waals surface area contributed by atoms with Gasteiger partial charge < -0.3 is 5.32 Å². The number of hydrogen-bond donors (Lipinski definition) is 1. The average molecular weight is 290 g/mol. The third kappa shape index (κ3) is 6.23. The highest BCUT2D eigenvalue weighted by Gasteiger charge is 2.28. The summed E-state index contributed by atoms with van der Waals surface area (Å²) in [5.74, 6) is 0.489. The van der Waals surface area contributed by atoms with E-state index in [1.54, 1.807) is 4.31 Å². The molecule has 1 rings (SSSR count). The molecule has 0 aliphatic carbocycles. The van der Waals surface area contributed by atoms with Crippen molar-refractivity contribution in [3.05, 3.63) is 0 Å². The van der Waals surface area contributed by atoms with Crippen molar-refractivity contribution in [3.63, 3.8) is 0 Å². The van der Waals surface area contributed by atoms with E-state index in [0.29, 0.717) is 30.5 Å². The maximum absolute atomic E-state index is 11.6. The van der Waals surface area contributed by atoms with Gasteiger partial charge in [0.2, 0.25) is 10.0 Å². The molecule has 0 radical (unpaired) electrons. The van der Waals surface area contributed by atoms with Crippen LogP contribution in [0.25, 0.3) is 0 Å². The molecule has 0 bridgehead atoms. The second kappa shape index (κ2) is 6.55. The number of rotatable bonds is 5. The molecule has 1 heterocycles. The highest BCUT2D eigenvalue weighted by atomic mass is 32.2. The Balaban J connectivity index is 2.56. The van der Waals surface area contributed by atoms with E-state index in [-0.39, 0.29) is 0 Å². The second-order valence-corrected chi connectivity index (χ2v) is 9.10. The van der Waals surface area contributed by atoms with Crippen LogP contribution in [-0.4, -0.2) is 45.2 Å². The fourth-order valence-electron chi connectivity index (χ4n) is 2.97. The normalized spacial score (nSPS) is 24.4. The Hall–Kier alpha value is -0.130. The van der Waals surface area contributed by atoms with E-state index in [2.05, 4.69) is 26.1 Å². The fraction of sp³-hybridized carbons (Fsp3) is 1.00. The lowest BCUT2D eigenvalue weighted by molar-refractivity contribution is 0.217. The minimum absolute atomic E-state index is 0.304. The van der Waals surface area contributed by atoms with Crippen molar-refractivity contribution in [2.45, 2.75) is 52.5 Å². The summed E-state index contributed by atoms with van der Waals surface area (Å²) in [5.41, 5.74) is 0.304. The van der Waals surface area contributed by atoms with Gasteiger partial charge in [0.15, 0.2) is 0 Å². The van der Waals surface area contributed by atoms with Gasteiger partial charge in [-0.3, -0.25) is 0 Å². The molecule has 0 aromatic heterocycles. The van der Waals surface area contributed by atoms with E-state index in [1.807, 2.05) is 7.05 Å². The summed E-state index contributed by atoms with van der Waals surface area (Å²) < 4.78 is 24.9. The van der Waals surface area contributed by atoms with Gasteiger partial charge in [-0.15, -0.1) is 0 Å². The summed E-state index contributed by atoms with van der Waals surface area (Å²) >= 11 is 0. The number of sulfonamides is 1. The Morgan fingerprint density at radius 1 is 1.37 bits per heavy atom. The van der Waals surface area contributed by atoms with Gasteiger partial charge in [0, 0.05) is 19.1 Å². The zero-order valence-electron chi connectivity index (χ0n) is 13.1. The fourth-order valence-corrected chi connectivity index (χ4v) is 3.91. The minimum atomic E-state index is -3.02. The lowest BCUT2D eigenvalue weighted by atomic mass is 9.83. The van der Waals surface area contributed by atoms with Crippen LogP contribution in [0.5, 0.6) is 0 Å². The van der Waals surface area contributed by atoms with Gasteiger partial charge in [-0.05, 0) is 44.1 Å². The van der Waals surface area contributed by atoms with Crippen LogP contribution in [-0.2, 0) is 10.0 Å². The smallest absolute Gasteiger partial charge is 0.211 e. The Kier molecular flexibility index (Phi) is 5.83. The Labute approximate surface area is 119 Å². The van der Waals surface area contributed by atoms with Crippen LogP contribution in [0.15, 0.2) is 0 Å². The van der Waals surface area contributed by atoms with Crippen molar-refractivity contribution in [3.8, 4) is 0 Å². The minimum Gasteiger partial charge on any atom is -0.317 e. The molecule has 4 nitrogen and oxygen atoms in total. The van der Waals surface area contributed by atoms with Crippen LogP contribution in [0.2, 0.25) is 0 Å². The molecular formula is C14H30N2O2S. The van der Waals surface area contributed by atoms with Crippen LogP contribution in [0.3, 0.4) is 0 Å². The number of nitrogens with zero attached hydrogens (tertiary/aromatic N) is 1. The quantitative estimate of drug-likeness (QED) is 0.843. The molecule has 1 aliphatic heterocycles. The predicted molar refractivity (Wildman–Crippen MR) is 80.7 cm³/mol. The van der Waals surface area contributed by atoms with Crippen LogP contribution in [0.1, 0.15) is 46.5 Å². The monoisotopic (exact) mass is 290 g/mol. The van der Waals surface area contributed by atoms with E-state index >= 15 is 0 Å². The summed E-state index contributed by atoms with van der Waals surface area (Å²) in [6, 6.07) is 0.476. The van der Waals surface area contributed by atoms with Crippen molar-refractivity contribution in [1.82, 2.24) is 9.62 Å². The van der Waals surface area contributed by atoms with Gasteiger partial charge in [0.1, 0.15) is 0 Å². The first-order valence-corrected chi connectivity index (χ1v) is 9.09. The van der Waals surface area contributed by atoms with E-state index in [1.165, 1.54) is 6.26 Å². The molecule has 0 amide bonds. The van der Waals surface area contributed by atoms with E-state index in [0.717, 1.165) is 25.7 Å². The van der Waals surface area contributed by atoms with Crippen LogP contribution in [0, 0.1) is 11.3 Å². The van der Waals surface area contributed by atoms with E-state index < -0.39 is 10.0 Å². The largest absolute Gasteiger partial charge is 0.317 e. The molecular weight excluding hydrogens is 260 g/mol. The van der Waals surface area contributed by atoms with Crippen molar-refractivity contribution < 1.29 is 8.42 Å². The van der Waals surface area contributed by atoms with Crippen molar-refractivity contribution in [2.75, 3.05) is 26.4 Å². The Morgan fingerprint density at radius 3 is 2.47 bits per heavy atom. The second-order valence-electron chi connectivity index (χ2n) is 7.12. The predicted octanol–water partition coefficient (Wildman–Crippen LogP) is 2.07. The van der Waals surface area contributed by atoms with E-state index in [4.69, 9.17) is 0 Å². The van der Waals surface area contributed by atoms with Gasteiger partial charge in [0.25, 0.3) is 0 Å². The zero-order valence-corrected chi connectivity index (χ0v) is 13.9. The van der Waals surface area contributed by atoms with E-state index in [9.17, 15) is 8.42 Å². The highest BCUT2D eigenvalue weighted by Crippen LogP contribution is 2.27. The molecule has 0 saturated carbocycles. The van der Waals surface area contributed by atoms with Gasteiger partial charge in [-0.2, -0.15) is 0 Å². The summed E-state index contributed by atoms with van der Waals surface area (Å²) in [6.45, 7) is 8.14. The average Bonchev–Trinajstić information content (AvgIpc) is 2.25. The van der Waals surface area contributed by atoms with Gasteiger partial charge in [0.05, 0.1) is 6.26 Å². The third-order valence-electron chi connectivity index (χ3n) is 3.84. The molecule has 0 spiro atoms. The molecule has 0 aromatic rings. The van der Waals surface area contributed by atoms with Gasteiger partial charge in [-0.25, -0.2) is 12.7 Å². The van der Waals surface area contributed by atoms with Crippen molar-refractivity contribution >= 4 is 10.0 Å². The Morgan fingerprint density at radius 2 is 2.00 bits per heavy atom. The summed E-state index contributed by atoms with van der Waals surface area (Å²) in [7, 11) is -1.02. The maximum atomic E-state index is 11.6. The number of nitrogens with one attached hydrogen (secondary N) is 1. The van der Waals surface area contributed by atoms with Crippen LogP contribution in [0.4, 0.5) is 0 Å². The topological polar surface area (TPSA) is 49.4 Å². The standard InChI is InChI=1S/C14H30N2O2S/c1-14(2,3)10-13(15-4)9-12-7-6-8-16(11-12)19(5,17)18/h12-13,15H,6-11H2,1-5H3. The van der Waals surface area contributed by atoms with Crippen LogP contribution < -0.4 is 5.32 Å². The Bertz CT molecular complexity index is 373. The third-order valence-corrected chi connectivity index (χ3v) is 5.11. The lowest BCUT2D eigenvalue weighted by Gasteiger charge is -2.34. The van der Waals surface area contributed by atoms with Crippen molar-refractivity contribution in [2.24, 2.45) is 11.3 Å². The first-order valence-electron chi connectivity index (χ1n) is 7.24. The first-order chi connectivity index (χ1) is 8.62. The molecule has 5 heteroatoms. The lowest BCUT2D eigenvalue weighted by Crippen LogP contribution is -2.42. The SMILES string of the molecule is CNC(CC1CCCN(S(C)(=O)=O)C1)CC(C)(C)C. The molecule has 1 saturated heterocycles. The molecule has 1 aliphatic rings.